The van der Waals surface area contributed by atoms with Crippen LogP contribution in [0.4, 0.5) is 16.0 Å². The van der Waals surface area contributed by atoms with Crippen molar-refractivity contribution in [2.24, 2.45) is 0 Å². The fourth-order valence-corrected chi connectivity index (χ4v) is 3.47. The van der Waals surface area contributed by atoms with Crippen molar-refractivity contribution in [1.82, 2.24) is 19.9 Å². The maximum Gasteiger partial charge on any atom is 0.238 e. The molecule has 0 spiro atoms. The molecule has 3 N–H and O–H groups in total. The molecule has 1 aromatic carbocycles. The van der Waals surface area contributed by atoms with Gasteiger partial charge in [-0.3, -0.25) is 14.7 Å². The molecule has 2 aromatic heterocycles. The fourth-order valence-electron chi connectivity index (χ4n) is 3.47. The summed E-state index contributed by atoms with van der Waals surface area (Å²) in [6.07, 6.45) is 3.09. The molecule has 0 bridgehead atoms. The first-order valence-corrected chi connectivity index (χ1v) is 9.92. The number of hydrogen-bond acceptors (Lipinski definition) is 7. The Labute approximate surface area is 179 Å². The van der Waals surface area contributed by atoms with Gasteiger partial charge >= 0.3 is 0 Å². The van der Waals surface area contributed by atoms with Crippen LogP contribution in [0.25, 0.3) is 11.1 Å². The maximum atomic E-state index is 13.0. The van der Waals surface area contributed by atoms with Crippen molar-refractivity contribution >= 4 is 17.5 Å². The lowest BCUT2D eigenvalue weighted by atomic mass is 10.1. The summed E-state index contributed by atoms with van der Waals surface area (Å²) >= 11 is 0. The van der Waals surface area contributed by atoms with Crippen molar-refractivity contribution in [2.45, 2.75) is 13.0 Å². The van der Waals surface area contributed by atoms with Crippen LogP contribution in [-0.2, 0) is 9.53 Å². The van der Waals surface area contributed by atoms with Crippen molar-refractivity contribution in [3.63, 3.8) is 0 Å². The van der Waals surface area contributed by atoms with Crippen molar-refractivity contribution in [3.8, 4) is 11.1 Å². The van der Waals surface area contributed by atoms with E-state index in [1.807, 2.05) is 24.0 Å². The summed E-state index contributed by atoms with van der Waals surface area (Å²) in [6, 6.07) is 9.60. The first kappa shape index (κ1) is 20.8. The van der Waals surface area contributed by atoms with Gasteiger partial charge in [-0.1, -0.05) is 0 Å². The second-order valence-electron chi connectivity index (χ2n) is 7.40. The van der Waals surface area contributed by atoms with E-state index in [2.05, 4.69) is 20.3 Å². The normalized spacial score (nSPS) is 16.8. The SMILES string of the molecule is Cc1cc(-c2cnc(N)nc2)cc([C@H]2CN(CC(=O)Nc3ccc(F)cc3)CCO2)n1. The summed E-state index contributed by atoms with van der Waals surface area (Å²) in [7, 11) is 0. The Morgan fingerprint density at radius 3 is 2.71 bits per heavy atom. The van der Waals surface area contributed by atoms with E-state index < -0.39 is 0 Å². The van der Waals surface area contributed by atoms with Crippen molar-refractivity contribution < 1.29 is 13.9 Å². The average Bonchev–Trinajstić information content (AvgIpc) is 2.75. The lowest BCUT2D eigenvalue weighted by molar-refractivity contribution is -0.119. The van der Waals surface area contributed by atoms with Crippen LogP contribution in [0.15, 0.2) is 48.8 Å². The van der Waals surface area contributed by atoms with Gasteiger partial charge in [-0.15, -0.1) is 0 Å². The van der Waals surface area contributed by atoms with E-state index in [4.69, 9.17) is 10.5 Å². The molecule has 160 valence electrons. The molecule has 1 aliphatic rings. The summed E-state index contributed by atoms with van der Waals surface area (Å²) in [5.74, 6) is -0.284. The number of pyridine rings is 1. The van der Waals surface area contributed by atoms with Gasteiger partial charge in [-0.25, -0.2) is 14.4 Å². The van der Waals surface area contributed by atoms with Crippen LogP contribution in [0.3, 0.4) is 0 Å². The van der Waals surface area contributed by atoms with Gasteiger partial charge in [0.15, 0.2) is 0 Å². The number of ether oxygens (including phenoxy) is 1. The molecule has 3 heterocycles. The number of benzene rings is 1. The first-order valence-electron chi connectivity index (χ1n) is 9.92. The highest BCUT2D eigenvalue weighted by atomic mass is 19.1. The molecule has 0 unspecified atom stereocenters. The Kier molecular flexibility index (Phi) is 6.15. The van der Waals surface area contributed by atoms with Crippen LogP contribution in [0.5, 0.6) is 0 Å². The Morgan fingerprint density at radius 1 is 1.23 bits per heavy atom. The zero-order chi connectivity index (χ0) is 21.8. The number of carbonyl (C=O) groups excluding carboxylic acids is 1. The van der Waals surface area contributed by atoms with Crippen LogP contribution in [0, 0.1) is 12.7 Å². The molecule has 1 aliphatic heterocycles. The molecule has 1 fully saturated rings. The summed E-state index contributed by atoms with van der Waals surface area (Å²) in [4.78, 5) is 27.2. The smallest absolute Gasteiger partial charge is 0.238 e. The molecule has 1 saturated heterocycles. The number of morpholine rings is 1. The quantitative estimate of drug-likeness (QED) is 0.651. The van der Waals surface area contributed by atoms with Gasteiger partial charge in [0, 0.05) is 42.4 Å². The number of halogens is 1. The lowest BCUT2D eigenvalue weighted by Crippen LogP contribution is -2.42. The van der Waals surface area contributed by atoms with Gasteiger partial charge in [0.1, 0.15) is 11.9 Å². The zero-order valence-electron chi connectivity index (χ0n) is 17.1. The number of aromatic nitrogens is 3. The highest BCUT2D eigenvalue weighted by Gasteiger charge is 2.25. The molecule has 0 aliphatic carbocycles. The molecule has 4 rings (SSSR count). The number of carbonyl (C=O) groups is 1. The Hall–Kier alpha value is -3.43. The van der Waals surface area contributed by atoms with E-state index in [1.54, 1.807) is 12.4 Å². The predicted octanol–water partition coefficient (Wildman–Crippen LogP) is 2.58. The average molecular weight is 422 g/mol. The van der Waals surface area contributed by atoms with Crippen molar-refractivity contribution in [2.75, 3.05) is 37.3 Å². The monoisotopic (exact) mass is 422 g/mol. The van der Waals surface area contributed by atoms with Crippen LogP contribution >= 0.6 is 0 Å². The molecule has 0 radical (unpaired) electrons. The van der Waals surface area contributed by atoms with Gasteiger partial charge < -0.3 is 15.8 Å². The molecule has 0 saturated carbocycles. The maximum absolute atomic E-state index is 13.0. The minimum absolute atomic E-state index is 0.163. The van der Waals surface area contributed by atoms with E-state index in [-0.39, 0.29) is 30.3 Å². The topological polar surface area (TPSA) is 106 Å². The van der Waals surface area contributed by atoms with Crippen LogP contribution in [-0.4, -0.2) is 52.0 Å². The molecule has 9 heteroatoms. The number of aryl methyl sites for hydroxylation is 1. The number of nitrogens with one attached hydrogen (secondary N) is 1. The fraction of sp³-hybridized carbons (Fsp3) is 0.273. The van der Waals surface area contributed by atoms with Crippen molar-refractivity contribution in [1.29, 1.82) is 0 Å². The Bertz CT molecular complexity index is 1060. The first-order chi connectivity index (χ1) is 15.0. The van der Waals surface area contributed by atoms with E-state index >= 15 is 0 Å². The highest BCUT2D eigenvalue weighted by molar-refractivity contribution is 5.92. The standard InChI is InChI=1S/C22H23FN6O2/c1-14-8-15(16-10-25-22(24)26-11-16)9-19(27-14)20-12-29(6-7-31-20)13-21(30)28-18-4-2-17(23)3-5-18/h2-5,8-11,20H,6-7,12-13H2,1H3,(H,28,30)(H2,24,25,26)/t20-/m1/s1. The second-order valence-corrected chi connectivity index (χ2v) is 7.40. The molecule has 8 nitrogen and oxygen atoms in total. The Balaban J connectivity index is 1.43. The molecular formula is C22H23FN6O2. The summed E-state index contributed by atoms with van der Waals surface area (Å²) in [5, 5.41) is 2.79. The van der Waals surface area contributed by atoms with E-state index in [0.717, 1.165) is 22.5 Å². The number of rotatable bonds is 5. The lowest BCUT2D eigenvalue weighted by Gasteiger charge is -2.32. The summed E-state index contributed by atoms with van der Waals surface area (Å²) in [6.45, 7) is 3.79. The van der Waals surface area contributed by atoms with Crippen LogP contribution < -0.4 is 11.1 Å². The van der Waals surface area contributed by atoms with E-state index in [1.165, 1.54) is 24.3 Å². The van der Waals surface area contributed by atoms with Crippen molar-refractivity contribution in [3.05, 3.63) is 66.0 Å². The summed E-state index contributed by atoms with van der Waals surface area (Å²) in [5.41, 5.74) is 9.55. The van der Waals surface area contributed by atoms with Gasteiger partial charge in [0.2, 0.25) is 11.9 Å². The molecule has 1 amide bonds. The molecular weight excluding hydrogens is 399 g/mol. The van der Waals surface area contributed by atoms with Gasteiger partial charge in [0.25, 0.3) is 0 Å². The highest BCUT2D eigenvalue weighted by Crippen LogP contribution is 2.26. The van der Waals surface area contributed by atoms with Gasteiger partial charge in [-0.05, 0) is 48.9 Å². The minimum atomic E-state index is -0.343. The van der Waals surface area contributed by atoms with Gasteiger partial charge in [-0.2, -0.15) is 0 Å². The molecule has 31 heavy (non-hydrogen) atoms. The minimum Gasteiger partial charge on any atom is -0.369 e. The largest absolute Gasteiger partial charge is 0.369 e. The molecule has 3 aromatic rings. The Morgan fingerprint density at radius 2 is 1.97 bits per heavy atom. The number of hydrogen-bond donors (Lipinski definition) is 2. The predicted molar refractivity (Wildman–Crippen MR) is 115 cm³/mol. The number of nitrogen functional groups attached to an aromatic ring is 1. The summed E-state index contributed by atoms with van der Waals surface area (Å²) < 4.78 is 19.0. The second kappa shape index (κ2) is 9.15. The number of amides is 1. The van der Waals surface area contributed by atoms with E-state index in [0.29, 0.717) is 25.4 Å². The van der Waals surface area contributed by atoms with Crippen LogP contribution in [0.2, 0.25) is 0 Å². The third kappa shape index (κ3) is 5.39. The zero-order valence-corrected chi connectivity index (χ0v) is 17.1. The number of anilines is 2. The molecule has 1 atom stereocenters. The number of nitrogens with zero attached hydrogens (tertiary/aromatic N) is 4. The number of nitrogens with two attached hydrogens (primary N) is 1. The van der Waals surface area contributed by atoms with Gasteiger partial charge in [0.05, 0.1) is 18.8 Å². The van der Waals surface area contributed by atoms with Crippen LogP contribution in [0.1, 0.15) is 17.5 Å². The third-order valence-electron chi connectivity index (χ3n) is 4.95. The third-order valence-corrected chi connectivity index (χ3v) is 4.95. The van der Waals surface area contributed by atoms with E-state index in [9.17, 15) is 9.18 Å².